The van der Waals surface area contributed by atoms with Crippen molar-refractivity contribution in [1.29, 1.82) is 0 Å². The van der Waals surface area contributed by atoms with E-state index in [-0.39, 0.29) is 12.2 Å². The molecular formula is C17H20BrN5O2. The highest BCUT2D eigenvalue weighted by Crippen LogP contribution is 2.15. The molecule has 0 saturated heterocycles. The normalized spacial score (nSPS) is 11.9. The average molecular weight is 406 g/mol. The first-order valence-electron chi connectivity index (χ1n) is 7.87. The number of halogens is 1. The van der Waals surface area contributed by atoms with Gasteiger partial charge < -0.3 is 10.4 Å². The van der Waals surface area contributed by atoms with E-state index < -0.39 is 5.54 Å². The van der Waals surface area contributed by atoms with E-state index >= 15 is 0 Å². The second kappa shape index (κ2) is 6.61. The van der Waals surface area contributed by atoms with Gasteiger partial charge in [0.15, 0.2) is 5.65 Å². The summed E-state index contributed by atoms with van der Waals surface area (Å²) < 4.78 is 4.16. The largest absolute Gasteiger partial charge is 0.394 e. The summed E-state index contributed by atoms with van der Waals surface area (Å²) >= 11 is 3.41. The monoisotopic (exact) mass is 405 g/mol. The lowest BCUT2D eigenvalue weighted by molar-refractivity contribution is 0.233. The Balaban J connectivity index is 1.98. The minimum Gasteiger partial charge on any atom is -0.394 e. The van der Waals surface area contributed by atoms with Crippen molar-refractivity contribution in [3.05, 3.63) is 50.9 Å². The Kier molecular flexibility index (Phi) is 4.66. The maximum Gasteiger partial charge on any atom is 0.265 e. The molecule has 0 aliphatic carbocycles. The molecule has 0 atom stereocenters. The van der Waals surface area contributed by atoms with E-state index in [2.05, 4.69) is 31.3 Å². The molecule has 0 spiro atoms. The third-order valence-electron chi connectivity index (χ3n) is 3.91. The Hall–Kier alpha value is -2.19. The fraction of sp³-hybridized carbons (Fsp3) is 0.353. The number of fused-ring (bicyclic) bond motifs is 1. The molecule has 0 bridgehead atoms. The van der Waals surface area contributed by atoms with E-state index in [0.29, 0.717) is 23.5 Å². The van der Waals surface area contributed by atoms with Crippen LogP contribution in [-0.4, -0.2) is 36.6 Å². The summed E-state index contributed by atoms with van der Waals surface area (Å²) in [5, 5.41) is 17.4. The molecule has 3 aromatic rings. The van der Waals surface area contributed by atoms with Crippen molar-refractivity contribution in [2.45, 2.75) is 25.9 Å². The van der Waals surface area contributed by atoms with Crippen LogP contribution in [0.4, 0.5) is 5.95 Å². The van der Waals surface area contributed by atoms with Gasteiger partial charge in [-0.2, -0.15) is 10.1 Å². The Morgan fingerprint density at radius 1 is 1.28 bits per heavy atom. The van der Waals surface area contributed by atoms with Gasteiger partial charge in [0.2, 0.25) is 5.95 Å². The molecule has 0 aliphatic heterocycles. The van der Waals surface area contributed by atoms with Crippen LogP contribution >= 0.6 is 15.9 Å². The zero-order valence-corrected chi connectivity index (χ0v) is 15.9. The molecular weight excluding hydrogens is 386 g/mol. The summed E-state index contributed by atoms with van der Waals surface area (Å²) in [6.45, 7) is 4.13. The zero-order chi connectivity index (χ0) is 18.2. The molecule has 2 N–H and O–H groups in total. The van der Waals surface area contributed by atoms with Gasteiger partial charge in [0.25, 0.3) is 5.56 Å². The van der Waals surface area contributed by atoms with E-state index in [1.807, 2.05) is 38.1 Å². The molecule has 2 heterocycles. The van der Waals surface area contributed by atoms with Gasteiger partial charge in [-0.05, 0) is 31.5 Å². The van der Waals surface area contributed by atoms with E-state index in [9.17, 15) is 9.90 Å². The van der Waals surface area contributed by atoms with Crippen LogP contribution in [0.1, 0.15) is 19.4 Å². The van der Waals surface area contributed by atoms with Gasteiger partial charge >= 0.3 is 0 Å². The second-order valence-corrected chi connectivity index (χ2v) is 7.57. The van der Waals surface area contributed by atoms with E-state index in [1.54, 1.807) is 17.9 Å². The van der Waals surface area contributed by atoms with Crippen molar-refractivity contribution in [3.63, 3.8) is 0 Å². The molecule has 2 aromatic heterocycles. The van der Waals surface area contributed by atoms with Crippen molar-refractivity contribution < 1.29 is 5.11 Å². The molecule has 132 valence electrons. The summed E-state index contributed by atoms with van der Waals surface area (Å²) in [5.41, 5.74) is 0.692. The lowest BCUT2D eigenvalue weighted by Crippen LogP contribution is -2.38. The van der Waals surface area contributed by atoms with Crippen molar-refractivity contribution in [1.82, 2.24) is 19.3 Å². The van der Waals surface area contributed by atoms with Gasteiger partial charge in [-0.3, -0.25) is 14.0 Å². The minimum atomic E-state index is -0.592. The summed E-state index contributed by atoms with van der Waals surface area (Å²) in [4.78, 5) is 17.0. The van der Waals surface area contributed by atoms with Crippen LogP contribution in [0.2, 0.25) is 0 Å². The molecule has 0 fully saturated rings. The Morgan fingerprint density at radius 3 is 2.60 bits per heavy atom. The number of benzene rings is 1. The molecule has 0 saturated carbocycles. The average Bonchev–Trinajstić information content (AvgIpc) is 2.97. The highest BCUT2D eigenvalue weighted by molar-refractivity contribution is 9.10. The quantitative estimate of drug-likeness (QED) is 0.678. The maximum absolute atomic E-state index is 12.6. The SMILES string of the molecule is Cn1c(NC(C)(C)CO)nc2nn(Cc3ccc(Br)cc3)cc2c1=O. The first-order chi connectivity index (χ1) is 11.8. The number of nitrogens with one attached hydrogen (secondary N) is 1. The van der Waals surface area contributed by atoms with Crippen LogP contribution in [0, 0.1) is 0 Å². The topological polar surface area (TPSA) is 85.0 Å². The summed E-state index contributed by atoms with van der Waals surface area (Å²) in [7, 11) is 1.65. The van der Waals surface area contributed by atoms with Crippen LogP contribution in [0.3, 0.4) is 0 Å². The van der Waals surface area contributed by atoms with E-state index in [1.165, 1.54) is 4.57 Å². The fourth-order valence-electron chi connectivity index (χ4n) is 2.41. The molecule has 8 heteroatoms. The third kappa shape index (κ3) is 3.74. The van der Waals surface area contributed by atoms with Gasteiger partial charge in [-0.1, -0.05) is 28.1 Å². The van der Waals surface area contributed by atoms with Crippen molar-refractivity contribution in [2.75, 3.05) is 11.9 Å². The van der Waals surface area contributed by atoms with Gasteiger partial charge in [0.05, 0.1) is 18.7 Å². The molecule has 25 heavy (non-hydrogen) atoms. The van der Waals surface area contributed by atoms with Gasteiger partial charge in [0, 0.05) is 17.7 Å². The minimum absolute atomic E-state index is 0.0844. The fourth-order valence-corrected chi connectivity index (χ4v) is 2.67. The standard InChI is InChI=1S/C17H20BrN5O2/c1-17(2,10-24)20-16-19-14-13(15(25)22(16)3)9-23(21-14)8-11-4-6-12(18)7-5-11/h4-7,9,24H,8,10H2,1-3H3,(H,19,20,21). The van der Waals surface area contributed by atoms with Gasteiger partial charge in [-0.15, -0.1) is 0 Å². The smallest absolute Gasteiger partial charge is 0.265 e. The lowest BCUT2D eigenvalue weighted by atomic mass is 10.1. The molecule has 1 aromatic carbocycles. The predicted octanol–water partition coefficient (Wildman–Crippen LogP) is 2.12. The molecule has 3 rings (SSSR count). The number of aliphatic hydroxyl groups excluding tert-OH is 1. The van der Waals surface area contributed by atoms with Crippen LogP contribution in [0.15, 0.2) is 39.7 Å². The number of nitrogens with zero attached hydrogens (tertiary/aromatic N) is 4. The molecule has 0 amide bonds. The Labute approximate surface area is 153 Å². The van der Waals surface area contributed by atoms with Crippen molar-refractivity contribution >= 4 is 32.9 Å². The highest BCUT2D eigenvalue weighted by atomic mass is 79.9. The Bertz CT molecular complexity index is 960. The molecule has 7 nitrogen and oxygen atoms in total. The number of aromatic nitrogens is 4. The zero-order valence-electron chi connectivity index (χ0n) is 14.3. The van der Waals surface area contributed by atoms with Crippen LogP contribution in [0.5, 0.6) is 0 Å². The van der Waals surface area contributed by atoms with E-state index in [4.69, 9.17) is 0 Å². The number of hydrogen-bond donors (Lipinski definition) is 2. The number of anilines is 1. The number of hydrogen-bond acceptors (Lipinski definition) is 5. The molecule has 0 aliphatic rings. The lowest BCUT2D eigenvalue weighted by Gasteiger charge is -2.24. The third-order valence-corrected chi connectivity index (χ3v) is 4.44. The Morgan fingerprint density at radius 2 is 1.96 bits per heavy atom. The van der Waals surface area contributed by atoms with Crippen LogP contribution < -0.4 is 10.9 Å². The summed E-state index contributed by atoms with van der Waals surface area (Å²) in [5.74, 6) is 0.380. The summed E-state index contributed by atoms with van der Waals surface area (Å²) in [6, 6.07) is 7.93. The van der Waals surface area contributed by atoms with Crippen LogP contribution in [0.25, 0.3) is 11.0 Å². The number of rotatable bonds is 5. The van der Waals surface area contributed by atoms with Gasteiger partial charge in [-0.25, -0.2) is 0 Å². The number of aliphatic hydroxyl groups is 1. The van der Waals surface area contributed by atoms with Crippen LogP contribution in [-0.2, 0) is 13.6 Å². The second-order valence-electron chi connectivity index (χ2n) is 6.66. The molecule has 0 unspecified atom stereocenters. The maximum atomic E-state index is 12.6. The molecule has 0 radical (unpaired) electrons. The van der Waals surface area contributed by atoms with Crippen molar-refractivity contribution in [2.24, 2.45) is 7.05 Å². The van der Waals surface area contributed by atoms with Gasteiger partial charge in [0.1, 0.15) is 5.39 Å². The highest BCUT2D eigenvalue weighted by Gasteiger charge is 2.20. The van der Waals surface area contributed by atoms with E-state index in [0.717, 1.165) is 10.0 Å². The first kappa shape index (κ1) is 17.6. The van der Waals surface area contributed by atoms with Crippen molar-refractivity contribution in [3.8, 4) is 0 Å². The summed E-state index contributed by atoms with van der Waals surface area (Å²) in [6.07, 6.45) is 1.72. The first-order valence-corrected chi connectivity index (χ1v) is 8.66. The predicted molar refractivity (Wildman–Crippen MR) is 101 cm³/mol.